The lowest BCUT2D eigenvalue weighted by Crippen LogP contribution is -2.27. The molecule has 1 saturated heterocycles. The molecule has 2 aromatic carbocycles. The molecular weight excluding hydrogens is 407 g/mol. The SMILES string of the molecule is COc1cc(CN2C(=O)CSC2c2ccc(C(F)(F)F)cc2)cc(OC)c1OC. The van der Waals surface area contributed by atoms with Crippen LogP contribution in [-0.2, 0) is 17.5 Å². The van der Waals surface area contributed by atoms with Gasteiger partial charge >= 0.3 is 6.18 Å². The first kappa shape index (κ1) is 21.2. The number of carbonyl (C=O) groups excluding carboxylic acids is 1. The highest BCUT2D eigenvalue weighted by Gasteiger charge is 2.35. The lowest BCUT2D eigenvalue weighted by molar-refractivity contribution is -0.137. The van der Waals surface area contributed by atoms with Crippen LogP contribution < -0.4 is 14.2 Å². The number of alkyl halides is 3. The minimum Gasteiger partial charge on any atom is -0.493 e. The Hall–Kier alpha value is -2.55. The van der Waals surface area contributed by atoms with Crippen LogP contribution in [0.15, 0.2) is 36.4 Å². The van der Waals surface area contributed by atoms with Crippen LogP contribution >= 0.6 is 11.8 Å². The molecule has 0 N–H and O–H groups in total. The summed E-state index contributed by atoms with van der Waals surface area (Å²) in [7, 11) is 4.51. The largest absolute Gasteiger partial charge is 0.493 e. The number of amides is 1. The van der Waals surface area contributed by atoms with Gasteiger partial charge < -0.3 is 19.1 Å². The Balaban J connectivity index is 1.88. The summed E-state index contributed by atoms with van der Waals surface area (Å²) in [4.78, 5) is 14.1. The van der Waals surface area contributed by atoms with Crippen LogP contribution in [0, 0.1) is 0 Å². The summed E-state index contributed by atoms with van der Waals surface area (Å²) in [5, 5.41) is -0.371. The molecule has 29 heavy (non-hydrogen) atoms. The summed E-state index contributed by atoms with van der Waals surface area (Å²) in [6.45, 7) is 0.258. The Morgan fingerprint density at radius 2 is 1.62 bits per heavy atom. The van der Waals surface area contributed by atoms with Gasteiger partial charge in [0.05, 0.1) is 32.6 Å². The third-order valence-corrected chi connectivity index (χ3v) is 5.82. The van der Waals surface area contributed by atoms with Gasteiger partial charge in [0.25, 0.3) is 0 Å². The predicted molar refractivity (Wildman–Crippen MR) is 103 cm³/mol. The van der Waals surface area contributed by atoms with E-state index >= 15 is 0 Å². The number of rotatable bonds is 6. The van der Waals surface area contributed by atoms with Crippen LogP contribution in [-0.4, -0.2) is 37.9 Å². The summed E-state index contributed by atoms with van der Waals surface area (Å²) in [6, 6.07) is 8.41. The van der Waals surface area contributed by atoms with Crippen molar-refractivity contribution in [1.82, 2.24) is 4.90 Å². The van der Waals surface area contributed by atoms with Crippen molar-refractivity contribution in [2.75, 3.05) is 27.1 Å². The van der Waals surface area contributed by atoms with Crippen LogP contribution in [0.4, 0.5) is 13.2 Å². The molecule has 3 rings (SSSR count). The molecule has 5 nitrogen and oxygen atoms in total. The van der Waals surface area contributed by atoms with Crippen molar-refractivity contribution in [3.63, 3.8) is 0 Å². The molecule has 0 radical (unpaired) electrons. The molecular formula is C20H20F3NO4S. The molecule has 0 aromatic heterocycles. The minimum atomic E-state index is -4.40. The van der Waals surface area contributed by atoms with Crippen molar-refractivity contribution in [1.29, 1.82) is 0 Å². The van der Waals surface area contributed by atoms with Gasteiger partial charge in [0.1, 0.15) is 5.37 Å². The fourth-order valence-electron chi connectivity index (χ4n) is 3.16. The molecule has 0 bridgehead atoms. The monoisotopic (exact) mass is 427 g/mol. The van der Waals surface area contributed by atoms with Gasteiger partial charge in [0.15, 0.2) is 11.5 Å². The van der Waals surface area contributed by atoms with Crippen LogP contribution in [0.3, 0.4) is 0 Å². The van der Waals surface area contributed by atoms with Crippen molar-refractivity contribution < 1.29 is 32.2 Å². The van der Waals surface area contributed by atoms with E-state index in [1.54, 1.807) is 17.0 Å². The molecule has 1 amide bonds. The minimum absolute atomic E-state index is 0.0892. The molecule has 1 atom stereocenters. The third kappa shape index (κ3) is 4.39. The zero-order valence-corrected chi connectivity index (χ0v) is 16.9. The van der Waals surface area contributed by atoms with E-state index in [9.17, 15) is 18.0 Å². The number of ether oxygens (including phenoxy) is 3. The maximum atomic E-state index is 12.8. The molecule has 156 valence electrons. The van der Waals surface area contributed by atoms with E-state index in [1.807, 2.05) is 0 Å². The zero-order chi connectivity index (χ0) is 21.2. The molecule has 0 aliphatic carbocycles. The second kappa shape index (κ2) is 8.44. The van der Waals surface area contributed by atoms with E-state index in [0.29, 0.717) is 22.8 Å². The predicted octanol–water partition coefficient (Wildman–Crippen LogP) is 4.51. The van der Waals surface area contributed by atoms with E-state index in [0.717, 1.165) is 17.7 Å². The molecule has 1 aliphatic rings. The Labute approximate surface area is 170 Å². The summed E-state index contributed by atoms with van der Waals surface area (Å²) in [5.74, 6) is 1.55. The number of thioether (sulfide) groups is 1. The fraction of sp³-hybridized carbons (Fsp3) is 0.350. The maximum absolute atomic E-state index is 12.8. The topological polar surface area (TPSA) is 48.0 Å². The molecule has 1 unspecified atom stereocenters. The lowest BCUT2D eigenvalue weighted by atomic mass is 10.1. The Morgan fingerprint density at radius 3 is 2.10 bits per heavy atom. The molecule has 0 spiro atoms. The zero-order valence-electron chi connectivity index (χ0n) is 16.1. The molecule has 2 aromatic rings. The number of hydrogen-bond acceptors (Lipinski definition) is 5. The highest BCUT2D eigenvalue weighted by molar-refractivity contribution is 8.00. The number of halogens is 3. The Kier molecular flexibility index (Phi) is 6.16. The van der Waals surface area contributed by atoms with E-state index in [2.05, 4.69) is 0 Å². The van der Waals surface area contributed by atoms with Gasteiger partial charge in [-0.2, -0.15) is 13.2 Å². The van der Waals surface area contributed by atoms with Crippen molar-refractivity contribution in [2.45, 2.75) is 18.1 Å². The molecule has 1 aliphatic heterocycles. The van der Waals surface area contributed by atoms with Gasteiger partial charge in [-0.05, 0) is 35.4 Å². The molecule has 1 fully saturated rings. The van der Waals surface area contributed by atoms with Crippen molar-refractivity contribution in [3.8, 4) is 17.2 Å². The molecule has 0 saturated carbocycles. The van der Waals surface area contributed by atoms with Gasteiger partial charge in [-0.1, -0.05) is 12.1 Å². The lowest BCUT2D eigenvalue weighted by Gasteiger charge is -2.25. The Morgan fingerprint density at radius 1 is 1.03 bits per heavy atom. The first-order chi connectivity index (χ1) is 13.8. The number of benzene rings is 2. The fourth-order valence-corrected chi connectivity index (χ4v) is 4.35. The van der Waals surface area contributed by atoms with Gasteiger partial charge in [0.2, 0.25) is 11.7 Å². The highest BCUT2D eigenvalue weighted by Crippen LogP contribution is 2.43. The van der Waals surface area contributed by atoms with Gasteiger partial charge in [-0.3, -0.25) is 4.79 Å². The normalized spacial score (nSPS) is 16.8. The molecule has 9 heteroatoms. The quantitative estimate of drug-likeness (QED) is 0.679. The summed E-state index contributed by atoms with van der Waals surface area (Å²) in [6.07, 6.45) is -4.40. The van der Waals surface area contributed by atoms with Gasteiger partial charge in [-0.25, -0.2) is 0 Å². The van der Waals surface area contributed by atoms with Gasteiger partial charge in [-0.15, -0.1) is 11.8 Å². The van der Waals surface area contributed by atoms with Crippen LogP contribution in [0.5, 0.6) is 17.2 Å². The smallest absolute Gasteiger partial charge is 0.416 e. The van der Waals surface area contributed by atoms with Crippen molar-refractivity contribution in [2.24, 2.45) is 0 Å². The standard InChI is InChI=1S/C20H20F3NO4S/c1-26-15-8-12(9-16(27-2)18(15)28-3)10-24-17(25)11-29-19(24)13-4-6-14(7-5-13)20(21,22)23/h4-9,19H,10-11H2,1-3H3. The number of nitrogens with zero attached hydrogens (tertiary/aromatic N) is 1. The van der Waals surface area contributed by atoms with E-state index in [1.165, 1.54) is 45.2 Å². The summed E-state index contributed by atoms with van der Waals surface area (Å²) in [5.41, 5.74) is 0.681. The third-order valence-electron chi connectivity index (χ3n) is 4.57. The van der Waals surface area contributed by atoms with E-state index in [-0.39, 0.29) is 23.6 Å². The average molecular weight is 427 g/mol. The summed E-state index contributed by atoms with van der Waals surface area (Å²) < 4.78 is 54.5. The van der Waals surface area contributed by atoms with Crippen LogP contribution in [0.25, 0.3) is 0 Å². The first-order valence-electron chi connectivity index (χ1n) is 8.65. The number of hydrogen-bond donors (Lipinski definition) is 0. The van der Waals surface area contributed by atoms with Crippen LogP contribution in [0.2, 0.25) is 0 Å². The second-order valence-electron chi connectivity index (χ2n) is 6.34. The summed E-state index contributed by atoms with van der Waals surface area (Å²) >= 11 is 1.38. The van der Waals surface area contributed by atoms with E-state index in [4.69, 9.17) is 14.2 Å². The van der Waals surface area contributed by atoms with E-state index < -0.39 is 11.7 Å². The Bertz CT molecular complexity index is 861. The van der Waals surface area contributed by atoms with Crippen LogP contribution in [0.1, 0.15) is 22.1 Å². The highest BCUT2D eigenvalue weighted by atomic mass is 32.2. The maximum Gasteiger partial charge on any atom is 0.416 e. The average Bonchev–Trinajstić information content (AvgIpc) is 3.06. The molecule has 1 heterocycles. The second-order valence-corrected chi connectivity index (χ2v) is 7.41. The van der Waals surface area contributed by atoms with Crippen molar-refractivity contribution >= 4 is 17.7 Å². The number of methoxy groups -OCH3 is 3. The number of carbonyl (C=O) groups is 1. The van der Waals surface area contributed by atoms with Gasteiger partial charge in [0, 0.05) is 6.54 Å². The first-order valence-corrected chi connectivity index (χ1v) is 9.70. The van der Waals surface area contributed by atoms with Crippen molar-refractivity contribution in [3.05, 3.63) is 53.1 Å².